The zero-order valence-electron chi connectivity index (χ0n) is 21.2. The lowest BCUT2D eigenvalue weighted by Gasteiger charge is -2.21. The van der Waals surface area contributed by atoms with Crippen LogP contribution in [0.2, 0.25) is 0 Å². The number of nitrogens with one attached hydrogen (secondary N) is 2. The van der Waals surface area contributed by atoms with Gasteiger partial charge in [0.15, 0.2) is 5.01 Å². The third kappa shape index (κ3) is 6.09. The van der Waals surface area contributed by atoms with E-state index in [1.807, 2.05) is 6.92 Å². The minimum absolute atomic E-state index is 0.0586. The van der Waals surface area contributed by atoms with Crippen LogP contribution in [0.5, 0.6) is 0 Å². The molecule has 7 nitrogen and oxygen atoms in total. The van der Waals surface area contributed by atoms with Gasteiger partial charge in [-0.25, -0.2) is 9.97 Å². The van der Waals surface area contributed by atoms with Crippen LogP contribution >= 0.6 is 11.3 Å². The van der Waals surface area contributed by atoms with Gasteiger partial charge in [0.2, 0.25) is 0 Å². The van der Waals surface area contributed by atoms with E-state index >= 15 is 0 Å². The molecule has 1 aliphatic heterocycles. The fourth-order valence-electron chi connectivity index (χ4n) is 5.02. The first-order valence-electron chi connectivity index (χ1n) is 13.1. The molecule has 2 aromatic rings. The average Bonchev–Trinajstić information content (AvgIpc) is 3.76. The number of alkyl halides is 3. The van der Waals surface area contributed by atoms with E-state index in [-0.39, 0.29) is 35.0 Å². The number of likely N-dealkylation sites (tertiary alicyclic amines) is 1. The number of halogens is 3. The molecule has 11 heteroatoms. The summed E-state index contributed by atoms with van der Waals surface area (Å²) in [6.07, 6.45) is 2.91. The molecular formula is C26H34F3N5O2S. The maximum absolute atomic E-state index is 14.3. The summed E-state index contributed by atoms with van der Waals surface area (Å²) < 4.78 is 43.0. The van der Waals surface area contributed by atoms with Gasteiger partial charge in [0, 0.05) is 36.9 Å². The highest BCUT2D eigenvalue weighted by molar-refractivity contribution is 7.17. The number of hydrogen-bond acceptors (Lipinski definition) is 7. The van der Waals surface area contributed by atoms with Crippen molar-refractivity contribution in [2.75, 3.05) is 18.4 Å². The first kappa shape index (κ1) is 26.4. The Morgan fingerprint density at radius 1 is 1.32 bits per heavy atom. The van der Waals surface area contributed by atoms with Gasteiger partial charge in [-0.05, 0) is 70.4 Å². The number of hydrogen-bond donors (Lipinski definition) is 3. The van der Waals surface area contributed by atoms with Gasteiger partial charge in [-0.15, -0.1) is 11.3 Å². The number of nitrogens with zero attached hydrogens (tertiary/aromatic N) is 3. The summed E-state index contributed by atoms with van der Waals surface area (Å²) in [5, 5.41) is 16.1. The van der Waals surface area contributed by atoms with Crippen molar-refractivity contribution >= 4 is 23.1 Å². The zero-order chi connectivity index (χ0) is 26.4. The maximum atomic E-state index is 14.3. The van der Waals surface area contributed by atoms with Crippen LogP contribution in [0.25, 0.3) is 10.4 Å². The molecule has 5 rings (SSSR count). The second-order valence-corrected chi connectivity index (χ2v) is 11.8. The molecule has 3 fully saturated rings. The zero-order valence-corrected chi connectivity index (χ0v) is 22.0. The van der Waals surface area contributed by atoms with Crippen LogP contribution < -0.4 is 10.6 Å². The van der Waals surface area contributed by atoms with E-state index in [0.29, 0.717) is 35.9 Å². The van der Waals surface area contributed by atoms with Gasteiger partial charge in [0.05, 0.1) is 21.7 Å². The first-order valence-corrected chi connectivity index (χ1v) is 14.0. The molecule has 0 aromatic carbocycles. The molecule has 1 amide bonds. The van der Waals surface area contributed by atoms with E-state index in [4.69, 9.17) is 0 Å². The molecule has 2 saturated carbocycles. The van der Waals surface area contributed by atoms with Crippen LogP contribution in [0, 0.1) is 5.92 Å². The number of carbonyl (C=O) groups excluding carboxylic acids is 1. The topological polar surface area (TPSA) is 90.4 Å². The number of amides is 1. The summed E-state index contributed by atoms with van der Waals surface area (Å²) in [4.78, 5) is 24.2. The quantitative estimate of drug-likeness (QED) is 0.392. The predicted octanol–water partition coefficient (Wildman–Crippen LogP) is 5.06. The molecule has 37 heavy (non-hydrogen) atoms. The van der Waals surface area contributed by atoms with E-state index in [1.165, 1.54) is 6.20 Å². The predicted molar refractivity (Wildman–Crippen MR) is 136 cm³/mol. The molecule has 2 atom stereocenters. The Labute approximate surface area is 218 Å². The van der Waals surface area contributed by atoms with Gasteiger partial charge >= 0.3 is 6.18 Å². The van der Waals surface area contributed by atoms with Gasteiger partial charge in [-0.1, -0.05) is 6.92 Å². The molecule has 0 spiro atoms. The van der Waals surface area contributed by atoms with Crippen LogP contribution in [0.3, 0.4) is 0 Å². The van der Waals surface area contributed by atoms with E-state index in [9.17, 15) is 23.1 Å². The van der Waals surface area contributed by atoms with Crippen molar-refractivity contribution in [2.45, 2.75) is 89.2 Å². The average molecular weight is 538 g/mol. The van der Waals surface area contributed by atoms with Crippen LogP contribution in [-0.2, 0) is 12.7 Å². The Morgan fingerprint density at radius 2 is 2.08 bits per heavy atom. The summed E-state index contributed by atoms with van der Waals surface area (Å²) in [7, 11) is 0. The summed E-state index contributed by atoms with van der Waals surface area (Å²) >= 11 is 0.954. The largest absolute Gasteiger partial charge is 0.417 e. The Morgan fingerprint density at radius 3 is 2.68 bits per heavy atom. The minimum atomic E-state index is -4.60. The molecule has 0 radical (unpaired) electrons. The van der Waals surface area contributed by atoms with Gasteiger partial charge in [-0.2, -0.15) is 13.2 Å². The van der Waals surface area contributed by atoms with Crippen molar-refractivity contribution in [1.29, 1.82) is 0 Å². The fourth-order valence-corrected chi connectivity index (χ4v) is 6.03. The highest BCUT2D eigenvalue weighted by Gasteiger charge is 2.41. The van der Waals surface area contributed by atoms with Gasteiger partial charge < -0.3 is 15.7 Å². The van der Waals surface area contributed by atoms with Crippen LogP contribution in [-0.4, -0.2) is 56.7 Å². The number of aliphatic hydroxyl groups is 1. The lowest BCUT2D eigenvalue weighted by Crippen LogP contribution is -2.33. The van der Waals surface area contributed by atoms with E-state index in [0.717, 1.165) is 56.1 Å². The smallest absolute Gasteiger partial charge is 0.388 e. The summed E-state index contributed by atoms with van der Waals surface area (Å²) in [5.74, 6) is 0.207. The molecule has 2 aromatic heterocycles. The van der Waals surface area contributed by atoms with E-state index in [2.05, 4.69) is 32.4 Å². The monoisotopic (exact) mass is 537 g/mol. The minimum Gasteiger partial charge on any atom is -0.388 e. The molecule has 1 saturated heterocycles. The molecule has 3 aliphatic rings. The number of aromatic nitrogens is 2. The molecule has 3 heterocycles. The standard InChI is InChI=1S/C26H34F3N5O2S/c1-3-19(16-6-7-16)32-21-11-18(26(27,28)29)17(12-30-21)22-20(13-34-10-4-5-15(34)2)33-24(37-22)23(35)31-14-25(36)8-9-25/h11-12,15-16,19,36H,3-10,13-14H2,1-2H3,(H,30,32)(H,31,35)/t15-,19-/m0/s1. The van der Waals surface area contributed by atoms with Crippen molar-refractivity contribution < 1.29 is 23.1 Å². The maximum Gasteiger partial charge on any atom is 0.417 e. The Hall–Kier alpha value is -2.24. The van der Waals surface area contributed by atoms with E-state index in [1.54, 1.807) is 0 Å². The molecule has 3 N–H and O–H groups in total. The first-order chi connectivity index (χ1) is 17.6. The van der Waals surface area contributed by atoms with Crippen LogP contribution in [0.15, 0.2) is 12.3 Å². The van der Waals surface area contributed by atoms with E-state index < -0.39 is 23.2 Å². The van der Waals surface area contributed by atoms with Crippen molar-refractivity contribution in [1.82, 2.24) is 20.2 Å². The van der Waals surface area contributed by atoms with Crippen molar-refractivity contribution in [3.63, 3.8) is 0 Å². The summed E-state index contributed by atoms with van der Waals surface area (Å²) in [6, 6.07) is 1.48. The number of anilines is 1. The Kier molecular flexibility index (Phi) is 7.23. The molecule has 202 valence electrons. The lowest BCUT2D eigenvalue weighted by molar-refractivity contribution is -0.137. The molecule has 0 unspecified atom stereocenters. The highest BCUT2D eigenvalue weighted by Crippen LogP contribution is 2.43. The van der Waals surface area contributed by atoms with Crippen LogP contribution in [0.4, 0.5) is 19.0 Å². The highest BCUT2D eigenvalue weighted by atomic mass is 32.1. The third-order valence-electron chi connectivity index (χ3n) is 7.76. The van der Waals surface area contributed by atoms with Crippen molar-refractivity contribution in [3.05, 3.63) is 28.5 Å². The second kappa shape index (κ2) is 10.1. The van der Waals surface area contributed by atoms with Gasteiger partial charge in [0.25, 0.3) is 5.91 Å². The number of thiazole rings is 1. The SMILES string of the molecule is CC[C@H](Nc1cc(C(F)(F)F)c(-c2sc(C(=O)NCC3(O)CC3)nc2CN2CCC[C@@H]2C)cn1)C1CC1. The Bertz CT molecular complexity index is 1150. The van der Waals surface area contributed by atoms with Crippen molar-refractivity contribution in [2.24, 2.45) is 5.92 Å². The van der Waals surface area contributed by atoms with Gasteiger partial charge in [0.1, 0.15) is 5.82 Å². The molecule has 0 bridgehead atoms. The Balaban J connectivity index is 1.49. The second-order valence-electron chi connectivity index (χ2n) is 10.8. The third-order valence-corrected chi connectivity index (χ3v) is 8.89. The molecular weight excluding hydrogens is 503 g/mol. The summed E-state index contributed by atoms with van der Waals surface area (Å²) in [6.45, 7) is 5.41. The molecule has 2 aliphatic carbocycles. The number of carbonyl (C=O) groups is 1. The van der Waals surface area contributed by atoms with Crippen LogP contribution in [0.1, 0.15) is 79.9 Å². The van der Waals surface area contributed by atoms with Gasteiger partial charge in [-0.3, -0.25) is 9.69 Å². The number of rotatable bonds is 10. The number of pyridine rings is 1. The fraction of sp³-hybridized carbons (Fsp3) is 0.654. The summed E-state index contributed by atoms with van der Waals surface area (Å²) in [5.41, 5.74) is -1.27. The lowest BCUT2D eigenvalue weighted by atomic mass is 10.1. The van der Waals surface area contributed by atoms with Crippen molar-refractivity contribution in [3.8, 4) is 10.4 Å². The normalized spacial score (nSPS) is 22.2.